The number of hydrogen-bond donors (Lipinski definition) is 1. The summed E-state index contributed by atoms with van der Waals surface area (Å²) in [5, 5.41) is 11.7. The Labute approximate surface area is 184 Å². The molecule has 2 aromatic carbocycles. The van der Waals surface area contributed by atoms with Gasteiger partial charge >= 0.3 is 0 Å². The first kappa shape index (κ1) is 21.2. The van der Waals surface area contributed by atoms with Crippen molar-refractivity contribution >= 4 is 5.91 Å². The molecule has 1 amide bonds. The Bertz CT molecular complexity index is 1060. The summed E-state index contributed by atoms with van der Waals surface area (Å²) in [5.74, 6) is 1.84. The van der Waals surface area contributed by atoms with Crippen LogP contribution in [0.3, 0.4) is 0 Å². The molecule has 0 fully saturated rings. The Morgan fingerprint density at radius 2 is 1.74 bits per heavy atom. The van der Waals surface area contributed by atoms with Crippen LogP contribution in [-0.2, 0) is 37.3 Å². The van der Waals surface area contributed by atoms with Crippen LogP contribution in [0.1, 0.15) is 39.5 Å². The van der Waals surface area contributed by atoms with E-state index in [9.17, 15) is 4.79 Å². The summed E-state index contributed by atoms with van der Waals surface area (Å²) in [6, 6.07) is 14.4. The van der Waals surface area contributed by atoms with E-state index in [1.54, 1.807) is 0 Å². The number of nitrogens with one attached hydrogen (secondary N) is 1. The molecule has 0 aliphatic carbocycles. The molecule has 0 atom stereocenters. The topological polar surface area (TPSA) is 63.1 Å². The van der Waals surface area contributed by atoms with E-state index in [4.69, 9.17) is 0 Å². The van der Waals surface area contributed by atoms with Gasteiger partial charge in [-0.1, -0.05) is 42.5 Å². The van der Waals surface area contributed by atoms with E-state index in [2.05, 4.69) is 57.9 Å². The van der Waals surface area contributed by atoms with Crippen molar-refractivity contribution < 1.29 is 4.79 Å². The van der Waals surface area contributed by atoms with Crippen LogP contribution in [-0.4, -0.2) is 38.7 Å². The fraction of sp³-hybridized carbons (Fsp3) is 0.400. The molecule has 3 aromatic rings. The lowest BCUT2D eigenvalue weighted by atomic mass is 10.0. The zero-order valence-corrected chi connectivity index (χ0v) is 18.7. The summed E-state index contributed by atoms with van der Waals surface area (Å²) < 4.78 is 2.18. The highest BCUT2D eigenvalue weighted by atomic mass is 16.1. The Morgan fingerprint density at radius 1 is 0.968 bits per heavy atom. The number of carbonyl (C=O) groups excluding carboxylic acids is 1. The summed E-state index contributed by atoms with van der Waals surface area (Å²) in [4.78, 5) is 14.8. The molecule has 0 saturated carbocycles. The normalized spacial score (nSPS) is 14.2. The van der Waals surface area contributed by atoms with Gasteiger partial charge in [0.2, 0.25) is 5.91 Å². The highest BCUT2D eigenvalue weighted by Gasteiger charge is 2.19. The monoisotopic (exact) mass is 417 g/mol. The fourth-order valence-electron chi connectivity index (χ4n) is 4.17. The molecule has 1 aliphatic rings. The van der Waals surface area contributed by atoms with Gasteiger partial charge < -0.3 is 9.88 Å². The van der Waals surface area contributed by atoms with Crippen molar-refractivity contribution in [1.29, 1.82) is 0 Å². The van der Waals surface area contributed by atoms with Crippen LogP contribution in [0.2, 0.25) is 0 Å². The molecule has 31 heavy (non-hydrogen) atoms. The van der Waals surface area contributed by atoms with E-state index in [1.807, 2.05) is 30.3 Å². The molecular formula is C25H31N5O. The first-order valence-electron chi connectivity index (χ1n) is 11.0. The molecule has 4 rings (SSSR count). The van der Waals surface area contributed by atoms with Crippen molar-refractivity contribution in [2.24, 2.45) is 0 Å². The lowest BCUT2D eigenvalue weighted by molar-refractivity contribution is -0.120. The van der Waals surface area contributed by atoms with Crippen LogP contribution >= 0.6 is 0 Å². The summed E-state index contributed by atoms with van der Waals surface area (Å²) in [6.07, 6.45) is 1.25. The molecule has 0 saturated heterocycles. The summed E-state index contributed by atoms with van der Waals surface area (Å²) >= 11 is 0. The average Bonchev–Trinajstić information content (AvgIpc) is 3.03. The quantitative estimate of drug-likeness (QED) is 0.669. The number of aromatic nitrogens is 3. The van der Waals surface area contributed by atoms with Crippen molar-refractivity contribution in [3.8, 4) is 0 Å². The molecule has 1 aromatic heterocycles. The van der Waals surface area contributed by atoms with Gasteiger partial charge in [-0.05, 0) is 48.6 Å². The number of hydrogen-bond acceptors (Lipinski definition) is 4. The van der Waals surface area contributed by atoms with Gasteiger partial charge in [-0.2, -0.15) is 0 Å². The van der Waals surface area contributed by atoms with Gasteiger partial charge in [-0.25, -0.2) is 0 Å². The molecule has 0 radical (unpaired) electrons. The van der Waals surface area contributed by atoms with Crippen molar-refractivity contribution in [3.05, 3.63) is 81.9 Å². The zero-order chi connectivity index (χ0) is 21.8. The maximum Gasteiger partial charge on any atom is 0.224 e. The predicted octanol–water partition coefficient (Wildman–Crippen LogP) is 3.12. The fourth-order valence-corrected chi connectivity index (χ4v) is 4.17. The third kappa shape index (κ3) is 5.20. The number of carbonyl (C=O) groups is 1. The maximum absolute atomic E-state index is 12.3. The second-order valence-electron chi connectivity index (χ2n) is 8.51. The Balaban J connectivity index is 1.35. The molecule has 6 nitrogen and oxygen atoms in total. The molecule has 0 unspecified atom stereocenters. The third-order valence-electron chi connectivity index (χ3n) is 6.19. The van der Waals surface area contributed by atoms with Crippen molar-refractivity contribution in [3.63, 3.8) is 0 Å². The van der Waals surface area contributed by atoms with E-state index in [0.717, 1.165) is 49.8 Å². The minimum Gasteiger partial charge on any atom is -0.349 e. The molecular weight excluding hydrogens is 386 g/mol. The Morgan fingerprint density at radius 3 is 2.55 bits per heavy atom. The average molecular weight is 418 g/mol. The number of rotatable bonds is 6. The lowest BCUT2D eigenvalue weighted by Gasteiger charge is -2.21. The number of nitrogens with zero attached hydrogens (tertiary/aromatic N) is 4. The molecule has 2 heterocycles. The third-order valence-corrected chi connectivity index (χ3v) is 6.19. The maximum atomic E-state index is 12.3. The minimum atomic E-state index is 0.00372. The van der Waals surface area contributed by atoms with Crippen molar-refractivity contribution in [2.75, 3.05) is 13.1 Å². The SMILES string of the molecule is Cc1cc(C)c(CN2CCc3nnc(CNC(=O)Cc4ccccc4)n3CC2)cc1C. The molecule has 0 spiro atoms. The zero-order valence-electron chi connectivity index (χ0n) is 18.7. The van der Waals surface area contributed by atoms with Crippen LogP contribution in [0.15, 0.2) is 42.5 Å². The minimum absolute atomic E-state index is 0.00372. The highest BCUT2D eigenvalue weighted by Crippen LogP contribution is 2.19. The van der Waals surface area contributed by atoms with Crippen LogP contribution in [0.4, 0.5) is 0 Å². The second kappa shape index (κ2) is 9.43. The molecule has 1 aliphatic heterocycles. The number of amides is 1. The van der Waals surface area contributed by atoms with E-state index in [-0.39, 0.29) is 5.91 Å². The molecule has 162 valence electrons. The van der Waals surface area contributed by atoms with E-state index in [1.165, 1.54) is 22.3 Å². The van der Waals surface area contributed by atoms with Gasteiger partial charge in [-0.15, -0.1) is 10.2 Å². The van der Waals surface area contributed by atoms with Gasteiger partial charge in [0.1, 0.15) is 5.82 Å². The van der Waals surface area contributed by atoms with Crippen molar-refractivity contribution in [1.82, 2.24) is 25.0 Å². The van der Waals surface area contributed by atoms with Crippen LogP contribution < -0.4 is 5.32 Å². The smallest absolute Gasteiger partial charge is 0.224 e. The predicted molar refractivity (Wildman–Crippen MR) is 122 cm³/mol. The summed E-state index contributed by atoms with van der Waals surface area (Å²) in [6.45, 7) is 10.7. The van der Waals surface area contributed by atoms with Gasteiger partial charge in [0.15, 0.2) is 5.82 Å². The summed E-state index contributed by atoms with van der Waals surface area (Å²) in [5.41, 5.74) is 6.46. The number of aryl methyl sites for hydroxylation is 3. The lowest BCUT2D eigenvalue weighted by Crippen LogP contribution is -2.28. The van der Waals surface area contributed by atoms with Gasteiger partial charge in [0, 0.05) is 32.6 Å². The molecule has 0 bridgehead atoms. The van der Waals surface area contributed by atoms with Crippen LogP contribution in [0.25, 0.3) is 0 Å². The standard InChI is InChI=1S/C25H31N5O/c1-18-13-20(3)22(14-19(18)2)17-29-10-9-23-27-28-24(30(23)12-11-29)16-26-25(31)15-21-7-5-4-6-8-21/h4-8,13-14H,9-12,15-17H2,1-3H3,(H,26,31). The Kier molecular flexibility index (Phi) is 6.47. The van der Waals surface area contributed by atoms with E-state index < -0.39 is 0 Å². The van der Waals surface area contributed by atoms with Crippen LogP contribution in [0, 0.1) is 20.8 Å². The molecule has 1 N–H and O–H groups in total. The van der Waals surface area contributed by atoms with Gasteiger partial charge in [-0.3, -0.25) is 9.69 Å². The van der Waals surface area contributed by atoms with Crippen molar-refractivity contribution in [2.45, 2.75) is 53.2 Å². The largest absolute Gasteiger partial charge is 0.349 e. The number of fused-ring (bicyclic) bond motifs is 1. The van der Waals surface area contributed by atoms with Gasteiger partial charge in [0.05, 0.1) is 13.0 Å². The first-order valence-corrected chi connectivity index (χ1v) is 11.0. The van der Waals surface area contributed by atoms with Gasteiger partial charge in [0.25, 0.3) is 0 Å². The second-order valence-corrected chi connectivity index (χ2v) is 8.51. The molecule has 6 heteroatoms. The first-order chi connectivity index (χ1) is 15.0. The van der Waals surface area contributed by atoms with Crippen LogP contribution in [0.5, 0.6) is 0 Å². The van der Waals surface area contributed by atoms with E-state index >= 15 is 0 Å². The highest BCUT2D eigenvalue weighted by molar-refractivity contribution is 5.78. The summed E-state index contributed by atoms with van der Waals surface area (Å²) in [7, 11) is 0. The Hall–Kier alpha value is -2.99. The van der Waals surface area contributed by atoms with E-state index in [0.29, 0.717) is 13.0 Å². The number of benzene rings is 2.